The average Bonchev–Trinajstić information content (AvgIpc) is 2.99. The molecule has 0 heterocycles. The molecule has 1 N–H and O–H groups in total. The molecule has 3 aromatic carbocycles. The molecule has 0 bridgehead atoms. The van der Waals surface area contributed by atoms with Crippen molar-refractivity contribution in [3.05, 3.63) is 106 Å². The first kappa shape index (κ1) is 31.6. The number of nitro groups is 1. The fourth-order valence-electron chi connectivity index (χ4n) is 5.28. The zero-order chi connectivity index (χ0) is 31.0. The van der Waals surface area contributed by atoms with Gasteiger partial charge in [0.15, 0.2) is 0 Å². The highest BCUT2D eigenvalue weighted by molar-refractivity contribution is 7.92. The largest absolute Gasteiger partial charge is 0.352 e. The maximum atomic E-state index is 14.9. The van der Waals surface area contributed by atoms with E-state index in [1.165, 1.54) is 41.3 Å². The van der Waals surface area contributed by atoms with Crippen molar-refractivity contribution in [2.24, 2.45) is 0 Å². The summed E-state index contributed by atoms with van der Waals surface area (Å²) in [4.78, 5) is 39.9. The van der Waals surface area contributed by atoms with Gasteiger partial charge in [0, 0.05) is 36.7 Å². The van der Waals surface area contributed by atoms with E-state index in [0.29, 0.717) is 0 Å². The van der Waals surface area contributed by atoms with E-state index in [9.17, 15) is 32.5 Å². The molecule has 0 spiro atoms. The predicted octanol–water partition coefficient (Wildman–Crippen LogP) is 4.59. The molecule has 1 aliphatic rings. The van der Waals surface area contributed by atoms with Gasteiger partial charge in [-0.15, -0.1) is 0 Å². The maximum absolute atomic E-state index is 14.9. The highest BCUT2D eigenvalue weighted by Crippen LogP contribution is 2.25. The van der Waals surface area contributed by atoms with Crippen LogP contribution >= 0.6 is 0 Å². The van der Waals surface area contributed by atoms with Crippen LogP contribution in [0.2, 0.25) is 0 Å². The zero-order valence-corrected chi connectivity index (χ0v) is 24.7. The lowest BCUT2D eigenvalue weighted by atomic mass is 9.94. The lowest BCUT2D eigenvalue weighted by Crippen LogP contribution is -2.55. The average molecular weight is 611 g/mol. The fourth-order valence-corrected chi connectivity index (χ4v) is 6.13. The second-order valence-electron chi connectivity index (χ2n) is 10.7. The summed E-state index contributed by atoms with van der Waals surface area (Å²) in [6.07, 6.45) is 5.63. The molecule has 0 saturated heterocycles. The topological polar surface area (TPSA) is 130 Å². The van der Waals surface area contributed by atoms with Gasteiger partial charge in [0.1, 0.15) is 18.4 Å². The number of halogens is 1. The van der Waals surface area contributed by atoms with E-state index in [0.717, 1.165) is 54.3 Å². The van der Waals surface area contributed by atoms with Gasteiger partial charge < -0.3 is 10.2 Å². The number of non-ortho nitro benzene ring substituents is 1. The molecule has 1 unspecified atom stereocenters. The molecule has 2 amide bonds. The summed E-state index contributed by atoms with van der Waals surface area (Å²) in [5.41, 5.74) is 0.481. The van der Waals surface area contributed by atoms with Crippen LogP contribution in [0.5, 0.6) is 0 Å². The van der Waals surface area contributed by atoms with Gasteiger partial charge in [0.05, 0.1) is 16.9 Å². The second-order valence-corrected chi connectivity index (χ2v) is 12.6. The van der Waals surface area contributed by atoms with Gasteiger partial charge in [0.2, 0.25) is 21.8 Å². The molecular weight excluding hydrogens is 575 g/mol. The number of nitrogens with one attached hydrogen (secondary N) is 1. The second kappa shape index (κ2) is 14.2. The Balaban J connectivity index is 1.74. The number of sulfonamides is 1. The predicted molar refractivity (Wildman–Crippen MR) is 161 cm³/mol. The first-order valence-electron chi connectivity index (χ1n) is 14.1. The van der Waals surface area contributed by atoms with Crippen LogP contribution < -0.4 is 9.62 Å². The molecule has 1 aliphatic carbocycles. The van der Waals surface area contributed by atoms with Crippen LogP contribution in [0, 0.1) is 15.9 Å². The number of rotatable bonds is 12. The molecule has 1 atom stereocenters. The van der Waals surface area contributed by atoms with Crippen LogP contribution in [0.15, 0.2) is 78.9 Å². The normalized spacial score (nSPS) is 14.5. The summed E-state index contributed by atoms with van der Waals surface area (Å²) < 4.78 is 41.4. The summed E-state index contributed by atoms with van der Waals surface area (Å²) in [6, 6.07) is 18.7. The first-order chi connectivity index (χ1) is 20.5. The van der Waals surface area contributed by atoms with Gasteiger partial charge in [-0.3, -0.25) is 24.0 Å². The summed E-state index contributed by atoms with van der Waals surface area (Å²) in [5.74, 6) is -1.76. The molecular formula is C31H35FN4O6S. The van der Waals surface area contributed by atoms with E-state index in [1.54, 1.807) is 6.07 Å². The minimum atomic E-state index is -4.11. The van der Waals surface area contributed by atoms with E-state index < -0.39 is 45.2 Å². The van der Waals surface area contributed by atoms with Gasteiger partial charge in [-0.05, 0) is 30.5 Å². The Morgan fingerprint density at radius 2 is 1.67 bits per heavy atom. The molecule has 3 aromatic rings. The smallest absolute Gasteiger partial charge is 0.271 e. The number of benzene rings is 3. The van der Waals surface area contributed by atoms with Crippen molar-refractivity contribution in [2.75, 3.05) is 17.1 Å². The molecule has 1 saturated carbocycles. The van der Waals surface area contributed by atoms with E-state index in [4.69, 9.17) is 0 Å². The standard InChI is InChI=1S/C31H35FN4O6S/c1-43(41,42)35(26-16-10-17-27(20-26)36(39)40)22-30(37)34(21-24-13-8-9-18-28(24)32)29(19-23-11-4-2-5-12-23)31(38)33-25-14-6-3-7-15-25/h2,4-5,8-13,16-18,20,25,29H,3,6-7,14-15,19,21-22H2,1H3,(H,33,38). The number of anilines is 1. The molecule has 12 heteroatoms. The Bertz CT molecular complexity index is 1550. The zero-order valence-electron chi connectivity index (χ0n) is 23.9. The Kier molecular flexibility index (Phi) is 10.5. The first-order valence-corrected chi connectivity index (χ1v) is 16.0. The highest BCUT2D eigenvalue weighted by atomic mass is 32.2. The summed E-state index contributed by atoms with van der Waals surface area (Å²) in [6.45, 7) is -1.05. The summed E-state index contributed by atoms with van der Waals surface area (Å²) in [5, 5.41) is 14.5. The Morgan fingerprint density at radius 3 is 2.33 bits per heavy atom. The van der Waals surface area contributed by atoms with Crippen LogP contribution in [-0.4, -0.2) is 54.9 Å². The molecule has 0 aromatic heterocycles. The lowest BCUT2D eigenvalue weighted by molar-refractivity contribution is -0.384. The van der Waals surface area contributed by atoms with Gasteiger partial charge >= 0.3 is 0 Å². The van der Waals surface area contributed by atoms with Gasteiger partial charge in [0.25, 0.3) is 5.69 Å². The maximum Gasteiger partial charge on any atom is 0.271 e. The third-order valence-electron chi connectivity index (χ3n) is 7.53. The Labute approximate surface area is 250 Å². The van der Waals surface area contributed by atoms with Crippen LogP contribution in [0.4, 0.5) is 15.8 Å². The minimum Gasteiger partial charge on any atom is -0.352 e. The van der Waals surface area contributed by atoms with Gasteiger partial charge in [-0.25, -0.2) is 12.8 Å². The van der Waals surface area contributed by atoms with Crippen LogP contribution in [0.25, 0.3) is 0 Å². The van der Waals surface area contributed by atoms with E-state index in [2.05, 4.69) is 5.32 Å². The fraction of sp³-hybridized carbons (Fsp3) is 0.355. The Morgan fingerprint density at radius 1 is 1.00 bits per heavy atom. The van der Waals surface area contributed by atoms with Crippen LogP contribution in [0.3, 0.4) is 0 Å². The van der Waals surface area contributed by atoms with Crippen molar-refractivity contribution in [2.45, 2.75) is 57.2 Å². The molecule has 228 valence electrons. The summed E-state index contributed by atoms with van der Waals surface area (Å²) in [7, 11) is -4.11. The molecule has 4 rings (SSSR count). The number of amides is 2. The van der Waals surface area contributed by atoms with Gasteiger partial charge in [-0.1, -0.05) is 73.9 Å². The molecule has 0 radical (unpaired) electrons. The van der Waals surface area contributed by atoms with Crippen molar-refractivity contribution >= 4 is 33.2 Å². The van der Waals surface area contributed by atoms with E-state index in [1.807, 2.05) is 30.3 Å². The van der Waals surface area contributed by atoms with Crippen LogP contribution in [0.1, 0.15) is 43.2 Å². The van der Waals surface area contributed by atoms with E-state index >= 15 is 0 Å². The molecule has 1 fully saturated rings. The van der Waals surface area contributed by atoms with E-state index in [-0.39, 0.29) is 35.9 Å². The molecule has 43 heavy (non-hydrogen) atoms. The number of hydrogen-bond acceptors (Lipinski definition) is 6. The molecule has 0 aliphatic heterocycles. The highest BCUT2D eigenvalue weighted by Gasteiger charge is 2.34. The van der Waals surface area contributed by atoms with Gasteiger partial charge in [-0.2, -0.15) is 0 Å². The number of carbonyl (C=O) groups is 2. The third kappa shape index (κ3) is 8.60. The van der Waals surface area contributed by atoms with Crippen molar-refractivity contribution in [1.82, 2.24) is 10.2 Å². The van der Waals surface area contributed by atoms with Crippen molar-refractivity contribution < 1.29 is 27.3 Å². The summed E-state index contributed by atoms with van der Waals surface area (Å²) >= 11 is 0. The van der Waals surface area contributed by atoms with Crippen molar-refractivity contribution in [3.8, 4) is 0 Å². The third-order valence-corrected chi connectivity index (χ3v) is 8.67. The van der Waals surface area contributed by atoms with Crippen molar-refractivity contribution in [1.29, 1.82) is 0 Å². The van der Waals surface area contributed by atoms with Crippen molar-refractivity contribution in [3.63, 3.8) is 0 Å². The molecule has 10 nitrogen and oxygen atoms in total. The quantitative estimate of drug-likeness (QED) is 0.236. The number of nitro benzene ring substituents is 1. The lowest BCUT2D eigenvalue weighted by Gasteiger charge is -2.35. The minimum absolute atomic E-state index is 0.0673. The number of carbonyl (C=O) groups excluding carboxylic acids is 2. The Hall–Kier alpha value is -4.32. The number of hydrogen-bond donors (Lipinski definition) is 1. The SMILES string of the molecule is CS(=O)(=O)N(CC(=O)N(Cc1ccccc1F)C(Cc1ccccc1)C(=O)NC1CCCCC1)c1cccc([N+](=O)[O-])c1. The number of nitrogens with zero attached hydrogens (tertiary/aromatic N) is 3. The van der Waals surface area contributed by atoms with Crippen LogP contribution in [-0.2, 0) is 32.6 Å². The monoisotopic (exact) mass is 610 g/mol.